The van der Waals surface area contributed by atoms with Gasteiger partial charge in [-0.05, 0) is 66.3 Å². The Kier molecular flexibility index (Phi) is 5.45. The van der Waals surface area contributed by atoms with Crippen LogP contribution < -0.4 is 5.32 Å². The lowest BCUT2D eigenvalue weighted by atomic mass is 10.0. The molecule has 6 heteroatoms. The molecule has 1 fully saturated rings. The van der Waals surface area contributed by atoms with Crippen molar-refractivity contribution in [2.75, 3.05) is 0 Å². The Bertz CT molecular complexity index is 1180. The summed E-state index contributed by atoms with van der Waals surface area (Å²) in [7, 11) is 0. The lowest BCUT2D eigenvalue weighted by Crippen LogP contribution is -2.29. The van der Waals surface area contributed by atoms with Gasteiger partial charge in [0.05, 0.1) is 11.7 Å². The standard InChI is InChI=1S/C25H20ClN3OS/c26-19-11-9-18(10-12-19)21-13-14-22(30-21)24-23(20-8-4-5-15-27-20)28-25(31)29(24)16-17-6-2-1-3-7-17/h1-15,23-24H,16H2,(H,28,31)/t23-,24+/m1/s1. The number of nitrogens with one attached hydrogen (secondary N) is 1. The molecule has 0 unspecified atom stereocenters. The van der Waals surface area contributed by atoms with E-state index in [0.29, 0.717) is 16.7 Å². The monoisotopic (exact) mass is 445 g/mol. The van der Waals surface area contributed by atoms with Crippen LogP contribution in [0.5, 0.6) is 0 Å². The molecular weight excluding hydrogens is 426 g/mol. The highest BCUT2D eigenvalue weighted by atomic mass is 35.5. The number of nitrogens with zero attached hydrogens (tertiary/aromatic N) is 2. The Morgan fingerprint density at radius 2 is 1.71 bits per heavy atom. The molecule has 2 aromatic carbocycles. The lowest BCUT2D eigenvalue weighted by molar-refractivity contribution is 0.269. The molecule has 3 heterocycles. The van der Waals surface area contributed by atoms with E-state index in [1.165, 1.54) is 5.56 Å². The van der Waals surface area contributed by atoms with Gasteiger partial charge in [0.15, 0.2) is 5.11 Å². The minimum atomic E-state index is -0.122. The van der Waals surface area contributed by atoms with Crippen molar-refractivity contribution in [1.82, 2.24) is 15.2 Å². The summed E-state index contributed by atoms with van der Waals surface area (Å²) in [4.78, 5) is 6.76. The molecule has 1 saturated heterocycles. The third-order valence-electron chi connectivity index (χ3n) is 5.44. The van der Waals surface area contributed by atoms with Gasteiger partial charge in [0.25, 0.3) is 0 Å². The maximum Gasteiger partial charge on any atom is 0.170 e. The third kappa shape index (κ3) is 4.07. The molecule has 0 aliphatic carbocycles. The summed E-state index contributed by atoms with van der Waals surface area (Å²) in [5.74, 6) is 1.63. The number of aromatic nitrogens is 1. The highest BCUT2D eigenvalue weighted by Crippen LogP contribution is 2.41. The normalized spacial score (nSPS) is 18.2. The highest BCUT2D eigenvalue weighted by Gasteiger charge is 2.41. The van der Waals surface area contributed by atoms with E-state index < -0.39 is 0 Å². The summed E-state index contributed by atoms with van der Waals surface area (Å²) in [5, 5.41) is 4.85. The van der Waals surface area contributed by atoms with E-state index in [-0.39, 0.29) is 12.1 Å². The predicted molar refractivity (Wildman–Crippen MR) is 127 cm³/mol. The summed E-state index contributed by atoms with van der Waals surface area (Å²) >= 11 is 11.8. The molecule has 4 aromatic rings. The topological polar surface area (TPSA) is 41.3 Å². The second-order valence-electron chi connectivity index (χ2n) is 7.45. The van der Waals surface area contributed by atoms with Crippen LogP contribution in [-0.2, 0) is 6.54 Å². The van der Waals surface area contributed by atoms with Gasteiger partial charge in [-0.3, -0.25) is 4.98 Å². The third-order valence-corrected chi connectivity index (χ3v) is 6.04. The van der Waals surface area contributed by atoms with Gasteiger partial charge in [0.2, 0.25) is 0 Å². The maximum absolute atomic E-state index is 6.35. The van der Waals surface area contributed by atoms with E-state index in [9.17, 15) is 0 Å². The number of hydrogen-bond donors (Lipinski definition) is 1. The van der Waals surface area contributed by atoms with Crippen LogP contribution in [0.4, 0.5) is 0 Å². The fourth-order valence-corrected chi connectivity index (χ4v) is 4.38. The van der Waals surface area contributed by atoms with Crippen LogP contribution in [0.15, 0.2) is 95.5 Å². The zero-order valence-corrected chi connectivity index (χ0v) is 18.2. The van der Waals surface area contributed by atoms with Crippen molar-refractivity contribution in [2.45, 2.75) is 18.6 Å². The Morgan fingerprint density at radius 1 is 0.935 bits per heavy atom. The second kappa shape index (κ2) is 8.53. The van der Waals surface area contributed by atoms with E-state index >= 15 is 0 Å². The number of hydrogen-bond acceptors (Lipinski definition) is 3. The molecule has 0 bridgehead atoms. The number of pyridine rings is 1. The van der Waals surface area contributed by atoms with E-state index in [0.717, 1.165) is 22.8 Å². The molecule has 31 heavy (non-hydrogen) atoms. The van der Waals surface area contributed by atoms with Gasteiger partial charge in [-0.1, -0.05) is 48.0 Å². The van der Waals surface area contributed by atoms with Gasteiger partial charge in [0, 0.05) is 23.3 Å². The average molecular weight is 446 g/mol. The summed E-state index contributed by atoms with van der Waals surface area (Å²) in [6, 6.07) is 27.7. The largest absolute Gasteiger partial charge is 0.459 e. The van der Waals surface area contributed by atoms with Gasteiger partial charge in [-0.25, -0.2) is 0 Å². The van der Waals surface area contributed by atoms with Crippen LogP contribution in [0.2, 0.25) is 5.02 Å². The van der Waals surface area contributed by atoms with Gasteiger partial charge in [-0.15, -0.1) is 0 Å². The van der Waals surface area contributed by atoms with Crippen molar-refractivity contribution in [2.24, 2.45) is 0 Å². The first-order valence-corrected chi connectivity index (χ1v) is 10.9. The van der Waals surface area contributed by atoms with Crippen molar-refractivity contribution in [3.05, 3.63) is 113 Å². The van der Waals surface area contributed by atoms with E-state index in [4.69, 9.17) is 28.2 Å². The second-order valence-corrected chi connectivity index (χ2v) is 8.27. The Labute approximate surface area is 191 Å². The number of rotatable bonds is 5. The smallest absolute Gasteiger partial charge is 0.170 e. The first kappa shape index (κ1) is 19.8. The summed E-state index contributed by atoms with van der Waals surface area (Å²) < 4.78 is 6.35. The molecule has 2 atom stereocenters. The molecule has 154 valence electrons. The molecule has 0 spiro atoms. The van der Waals surface area contributed by atoms with Crippen LogP contribution in [0.1, 0.15) is 29.1 Å². The summed E-state index contributed by atoms with van der Waals surface area (Å²) in [6.07, 6.45) is 1.80. The Hall–Kier alpha value is -3.15. The predicted octanol–water partition coefficient (Wildman–Crippen LogP) is 6.17. The zero-order valence-electron chi connectivity index (χ0n) is 16.6. The van der Waals surface area contributed by atoms with Crippen molar-refractivity contribution in [1.29, 1.82) is 0 Å². The van der Waals surface area contributed by atoms with Crippen LogP contribution >= 0.6 is 23.8 Å². The van der Waals surface area contributed by atoms with Gasteiger partial charge >= 0.3 is 0 Å². The molecule has 0 saturated carbocycles. The van der Waals surface area contributed by atoms with Crippen LogP contribution in [-0.4, -0.2) is 15.0 Å². The average Bonchev–Trinajstić information content (AvgIpc) is 3.41. The molecule has 5 rings (SSSR count). The number of benzene rings is 2. The van der Waals surface area contributed by atoms with Crippen LogP contribution in [0.3, 0.4) is 0 Å². The van der Waals surface area contributed by atoms with Crippen molar-refractivity contribution >= 4 is 28.9 Å². The van der Waals surface area contributed by atoms with E-state index in [1.54, 1.807) is 6.20 Å². The summed E-state index contributed by atoms with van der Waals surface area (Å²) in [5.41, 5.74) is 3.09. The van der Waals surface area contributed by atoms with Gasteiger partial charge in [-0.2, -0.15) is 0 Å². The van der Waals surface area contributed by atoms with Crippen molar-refractivity contribution in [3.8, 4) is 11.3 Å². The molecule has 0 amide bonds. The first-order chi connectivity index (χ1) is 15.2. The molecule has 1 aliphatic rings. The van der Waals surface area contributed by atoms with Crippen LogP contribution in [0, 0.1) is 0 Å². The Morgan fingerprint density at radius 3 is 2.45 bits per heavy atom. The number of halogens is 1. The number of furan rings is 1. The maximum atomic E-state index is 6.35. The minimum Gasteiger partial charge on any atom is -0.459 e. The fraction of sp³-hybridized carbons (Fsp3) is 0.120. The minimum absolute atomic E-state index is 0.110. The molecule has 4 nitrogen and oxygen atoms in total. The molecule has 2 aromatic heterocycles. The highest BCUT2D eigenvalue weighted by molar-refractivity contribution is 7.80. The van der Waals surface area contributed by atoms with E-state index in [1.807, 2.05) is 72.8 Å². The molecule has 0 radical (unpaired) electrons. The fourth-order valence-electron chi connectivity index (χ4n) is 3.95. The summed E-state index contributed by atoms with van der Waals surface area (Å²) in [6.45, 7) is 0.678. The van der Waals surface area contributed by atoms with E-state index in [2.05, 4.69) is 27.3 Å². The quantitative estimate of drug-likeness (QED) is 0.372. The molecule has 1 aliphatic heterocycles. The molecule has 1 N–H and O–H groups in total. The molecular formula is C25H20ClN3OS. The van der Waals surface area contributed by atoms with Crippen molar-refractivity contribution in [3.63, 3.8) is 0 Å². The SMILES string of the molecule is S=C1N[C@H](c2ccccn2)[C@H](c2ccc(-c3ccc(Cl)cc3)o2)N1Cc1ccccc1. The Balaban J connectivity index is 1.53. The van der Waals surface area contributed by atoms with Crippen molar-refractivity contribution < 1.29 is 4.42 Å². The lowest BCUT2D eigenvalue weighted by Gasteiger charge is -2.26. The van der Waals surface area contributed by atoms with Crippen LogP contribution in [0.25, 0.3) is 11.3 Å². The van der Waals surface area contributed by atoms with Gasteiger partial charge < -0.3 is 14.6 Å². The zero-order chi connectivity index (χ0) is 21.2. The first-order valence-electron chi connectivity index (χ1n) is 10.1. The number of thiocarbonyl (C=S) groups is 1. The van der Waals surface area contributed by atoms with Gasteiger partial charge in [0.1, 0.15) is 17.6 Å².